The van der Waals surface area contributed by atoms with Crippen molar-refractivity contribution < 1.29 is 13.7 Å². The Labute approximate surface area is 111 Å². The van der Waals surface area contributed by atoms with Crippen LogP contribution in [0.25, 0.3) is 22.2 Å². The van der Waals surface area contributed by atoms with Crippen molar-refractivity contribution in [3.63, 3.8) is 0 Å². The molecule has 2 aromatic carbocycles. The number of H-pyrrole nitrogens is 1. The number of nitro groups is 1. The van der Waals surface area contributed by atoms with Gasteiger partial charge < -0.3 is 4.98 Å². The number of rotatable bonds is 2. The lowest BCUT2D eigenvalue weighted by Gasteiger charge is -1.99. The van der Waals surface area contributed by atoms with Crippen LogP contribution in [0.5, 0.6) is 0 Å². The number of benzene rings is 2. The minimum atomic E-state index is -0.723. The zero-order valence-corrected chi connectivity index (χ0v) is 10.1. The number of aromatic nitrogens is 1. The smallest absolute Gasteiger partial charge is 0.278 e. The topological polar surface area (TPSA) is 58.9 Å². The number of nitrogens with one attached hydrogen (secondary N) is 1. The summed E-state index contributed by atoms with van der Waals surface area (Å²) in [5, 5.41) is 11.3. The van der Waals surface area contributed by atoms with Gasteiger partial charge in [0.2, 0.25) is 0 Å². The Morgan fingerprint density at radius 3 is 2.60 bits per heavy atom. The van der Waals surface area contributed by atoms with E-state index in [1.54, 1.807) is 12.1 Å². The maximum Gasteiger partial charge on any atom is 0.278 e. The van der Waals surface area contributed by atoms with Gasteiger partial charge in [-0.25, -0.2) is 8.78 Å². The third kappa shape index (κ3) is 1.91. The predicted octanol–water partition coefficient (Wildman–Crippen LogP) is 4.02. The summed E-state index contributed by atoms with van der Waals surface area (Å²) in [7, 11) is 0. The SMILES string of the molecule is O=[N+]([O-])c1cccc2[nH]c(-c3ccc(F)cc3F)cc12. The summed E-state index contributed by atoms with van der Waals surface area (Å²) < 4.78 is 26.6. The fourth-order valence-corrected chi connectivity index (χ4v) is 2.15. The van der Waals surface area contributed by atoms with Crippen molar-refractivity contribution in [2.45, 2.75) is 0 Å². The van der Waals surface area contributed by atoms with Crippen LogP contribution in [0.1, 0.15) is 0 Å². The van der Waals surface area contributed by atoms with Gasteiger partial charge >= 0.3 is 0 Å². The van der Waals surface area contributed by atoms with Crippen LogP contribution in [0.3, 0.4) is 0 Å². The molecule has 4 nitrogen and oxygen atoms in total. The van der Waals surface area contributed by atoms with Gasteiger partial charge in [0.15, 0.2) is 0 Å². The highest BCUT2D eigenvalue weighted by atomic mass is 19.1. The Balaban J connectivity index is 2.23. The number of hydrogen-bond acceptors (Lipinski definition) is 2. The van der Waals surface area contributed by atoms with Crippen LogP contribution in [0.15, 0.2) is 42.5 Å². The second kappa shape index (κ2) is 4.41. The lowest BCUT2D eigenvalue weighted by molar-refractivity contribution is -0.383. The zero-order chi connectivity index (χ0) is 14.3. The molecule has 0 atom stereocenters. The van der Waals surface area contributed by atoms with Crippen LogP contribution >= 0.6 is 0 Å². The molecule has 0 aliphatic rings. The van der Waals surface area contributed by atoms with E-state index in [0.29, 0.717) is 16.6 Å². The van der Waals surface area contributed by atoms with Crippen LogP contribution in [0.4, 0.5) is 14.5 Å². The van der Waals surface area contributed by atoms with Crippen LogP contribution in [-0.2, 0) is 0 Å². The van der Waals surface area contributed by atoms with Gasteiger partial charge in [-0.15, -0.1) is 0 Å². The molecule has 0 bridgehead atoms. The molecule has 0 radical (unpaired) electrons. The highest BCUT2D eigenvalue weighted by Gasteiger charge is 2.16. The molecule has 0 spiro atoms. The number of hydrogen-bond donors (Lipinski definition) is 1. The van der Waals surface area contributed by atoms with Crippen molar-refractivity contribution in [1.29, 1.82) is 0 Å². The summed E-state index contributed by atoms with van der Waals surface area (Å²) in [5.41, 5.74) is 0.995. The van der Waals surface area contributed by atoms with E-state index in [9.17, 15) is 18.9 Å². The van der Waals surface area contributed by atoms with Crippen molar-refractivity contribution in [2.75, 3.05) is 0 Å². The van der Waals surface area contributed by atoms with E-state index in [1.165, 1.54) is 18.2 Å². The average Bonchev–Trinajstić information content (AvgIpc) is 2.81. The van der Waals surface area contributed by atoms with Gasteiger partial charge in [0, 0.05) is 23.4 Å². The molecule has 3 rings (SSSR count). The minimum Gasteiger partial charge on any atom is -0.354 e. The molecule has 6 heteroatoms. The Hall–Kier alpha value is -2.76. The van der Waals surface area contributed by atoms with Gasteiger partial charge in [-0.05, 0) is 24.3 Å². The van der Waals surface area contributed by atoms with E-state index < -0.39 is 16.6 Å². The highest BCUT2D eigenvalue weighted by Crippen LogP contribution is 2.31. The first-order valence-electron chi connectivity index (χ1n) is 5.78. The van der Waals surface area contributed by atoms with E-state index in [1.807, 2.05) is 0 Å². The highest BCUT2D eigenvalue weighted by molar-refractivity contribution is 5.93. The standard InChI is InChI=1S/C14H8F2N2O2/c15-8-4-5-9(11(16)6-8)13-7-10-12(17-13)2-1-3-14(10)18(19)20/h1-7,17H. The van der Waals surface area contributed by atoms with Gasteiger partial charge in [0.1, 0.15) is 11.6 Å². The first-order chi connectivity index (χ1) is 9.56. The fourth-order valence-electron chi connectivity index (χ4n) is 2.15. The predicted molar refractivity (Wildman–Crippen MR) is 70.3 cm³/mol. The average molecular weight is 274 g/mol. The fraction of sp³-hybridized carbons (Fsp3) is 0. The van der Waals surface area contributed by atoms with E-state index in [-0.39, 0.29) is 11.3 Å². The Kier molecular flexibility index (Phi) is 2.71. The summed E-state index contributed by atoms with van der Waals surface area (Å²) in [5.74, 6) is -1.40. The van der Waals surface area contributed by atoms with Crippen LogP contribution in [0.2, 0.25) is 0 Å². The van der Waals surface area contributed by atoms with Crippen molar-refractivity contribution in [1.82, 2.24) is 4.98 Å². The molecule has 1 heterocycles. The summed E-state index contributed by atoms with van der Waals surface area (Å²) in [6, 6.07) is 9.27. The molecule has 0 amide bonds. The molecule has 3 aromatic rings. The molecule has 0 aliphatic carbocycles. The number of fused-ring (bicyclic) bond motifs is 1. The monoisotopic (exact) mass is 274 g/mol. The Bertz CT molecular complexity index is 827. The molecule has 0 saturated carbocycles. The van der Waals surface area contributed by atoms with Crippen molar-refractivity contribution in [3.8, 4) is 11.3 Å². The second-order valence-corrected chi connectivity index (χ2v) is 4.30. The first-order valence-corrected chi connectivity index (χ1v) is 5.78. The number of nitro benzene ring substituents is 1. The van der Waals surface area contributed by atoms with Crippen LogP contribution in [0, 0.1) is 21.7 Å². The van der Waals surface area contributed by atoms with Crippen molar-refractivity contribution in [2.24, 2.45) is 0 Å². The van der Waals surface area contributed by atoms with E-state index >= 15 is 0 Å². The van der Waals surface area contributed by atoms with E-state index in [4.69, 9.17) is 0 Å². The zero-order valence-electron chi connectivity index (χ0n) is 10.1. The molecule has 0 unspecified atom stereocenters. The lowest BCUT2D eigenvalue weighted by Crippen LogP contribution is -1.87. The number of halogens is 2. The van der Waals surface area contributed by atoms with Gasteiger partial charge in [-0.1, -0.05) is 6.07 Å². The lowest BCUT2D eigenvalue weighted by atomic mass is 10.1. The molecular formula is C14H8F2N2O2. The minimum absolute atomic E-state index is 0.0625. The molecule has 20 heavy (non-hydrogen) atoms. The molecule has 0 aliphatic heterocycles. The largest absolute Gasteiger partial charge is 0.354 e. The molecule has 0 saturated heterocycles. The third-order valence-corrected chi connectivity index (χ3v) is 3.06. The van der Waals surface area contributed by atoms with E-state index in [2.05, 4.69) is 4.98 Å². The van der Waals surface area contributed by atoms with Gasteiger partial charge in [-0.2, -0.15) is 0 Å². The number of non-ortho nitro benzene ring substituents is 1. The van der Waals surface area contributed by atoms with Crippen LogP contribution < -0.4 is 0 Å². The van der Waals surface area contributed by atoms with Crippen LogP contribution in [-0.4, -0.2) is 9.91 Å². The second-order valence-electron chi connectivity index (χ2n) is 4.30. The van der Waals surface area contributed by atoms with Crippen molar-refractivity contribution >= 4 is 16.6 Å². The molecule has 1 N–H and O–H groups in total. The molecule has 100 valence electrons. The Morgan fingerprint density at radius 1 is 1.10 bits per heavy atom. The normalized spacial score (nSPS) is 10.9. The Morgan fingerprint density at radius 2 is 1.90 bits per heavy atom. The number of aromatic amines is 1. The molecular weight excluding hydrogens is 266 g/mol. The molecule has 1 aromatic heterocycles. The van der Waals surface area contributed by atoms with E-state index in [0.717, 1.165) is 12.1 Å². The van der Waals surface area contributed by atoms with Gasteiger partial charge in [-0.3, -0.25) is 10.1 Å². The quantitative estimate of drug-likeness (QED) is 0.566. The van der Waals surface area contributed by atoms with Gasteiger partial charge in [0.05, 0.1) is 15.8 Å². The number of nitrogens with zero attached hydrogens (tertiary/aromatic N) is 1. The summed E-state index contributed by atoms with van der Waals surface area (Å²) in [6.45, 7) is 0. The first kappa shape index (κ1) is 12.3. The summed E-state index contributed by atoms with van der Waals surface area (Å²) in [6.07, 6.45) is 0. The molecule has 0 fully saturated rings. The summed E-state index contributed by atoms with van der Waals surface area (Å²) in [4.78, 5) is 13.3. The van der Waals surface area contributed by atoms with Gasteiger partial charge in [0.25, 0.3) is 5.69 Å². The summed E-state index contributed by atoms with van der Waals surface area (Å²) >= 11 is 0. The maximum atomic E-state index is 13.7. The maximum absolute atomic E-state index is 13.7. The third-order valence-electron chi connectivity index (χ3n) is 3.06. The van der Waals surface area contributed by atoms with Crippen molar-refractivity contribution in [3.05, 3.63) is 64.2 Å².